The molecule has 0 bridgehead atoms. The lowest BCUT2D eigenvalue weighted by atomic mass is 9.93. The number of hydrogen-bond donors (Lipinski definition) is 1. The van der Waals surface area contributed by atoms with Gasteiger partial charge in [-0.1, -0.05) is 18.2 Å². The Bertz CT molecular complexity index is 712. The summed E-state index contributed by atoms with van der Waals surface area (Å²) in [5.41, 5.74) is 0.832. The van der Waals surface area contributed by atoms with Crippen molar-refractivity contribution in [2.75, 3.05) is 27.2 Å². The molecular formula is C19H25N3O3. The van der Waals surface area contributed by atoms with Crippen molar-refractivity contribution in [2.45, 2.75) is 25.8 Å². The van der Waals surface area contributed by atoms with E-state index in [1.165, 1.54) is 0 Å². The first-order valence-electron chi connectivity index (χ1n) is 8.73. The fourth-order valence-electron chi connectivity index (χ4n) is 3.17. The van der Waals surface area contributed by atoms with E-state index in [-0.39, 0.29) is 11.9 Å². The molecule has 3 rings (SSSR count). The van der Waals surface area contributed by atoms with Crippen LogP contribution in [0.3, 0.4) is 0 Å². The van der Waals surface area contributed by atoms with Crippen LogP contribution in [0, 0.1) is 5.92 Å². The molecule has 1 aliphatic rings. The molecule has 1 saturated heterocycles. The minimum absolute atomic E-state index is 0.0714. The smallest absolute Gasteiger partial charge is 0.317 e. The van der Waals surface area contributed by atoms with E-state index in [9.17, 15) is 9.59 Å². The molecule has 1 fully saturated rings. The van der Waals surface area contributed by atoms with Crippen LogP contribution in [0.4, 0.5) is 4.79 Å². The van der Waals surface area contributed by atoms with Gasteiger partial charge >= 0.3 is 6.03 Å². The van der Waals surface area contributed by atoms with Crippen molar-refractivity contribution in [1.82, 2.24) is 15.1 Å². The number of nitrogens with zero attached hydrogens (tertiary/aromatic N) is 2. The van der Waals surface area contributed by atoms with Crippen LogP contribution in [0.5, 0.6) is 0 Å². The highest BCUT2D eigenvalue weighted by Crippen LogP contribution is 2.22. The third-order valence-electron chi connectivity index (χ3n) is 4.75. The molecule has 0 spiro atoms. The van der Waals surface area contributed by atoms with Crippen molar-refractivity contribution in [2.24, 2.45) is 5.92 Å². The third kappa shape index (κ3) is 4.32. The van der Waals surface area contributed by atoms with E-state index in [1.54, 1.807) is 19.0 Å². The zero-order chi connectivity index (χ0) is 17.8. The number of hydrogen-bond acceptors (Lipinski definition) is 3. The molecule has 3 amide bonds. The van der Waals surface area contributed by atoms with Crippen molar-refractivity contribution < 1.29 is 14.0 Å². The van der Waals surface area contributed by atoms with Gasteiger partial charge in [-0.2, -0.15) is 0 Å². The van der Waals surface area contributed by atoms with Gasteiger partial charge in [-0.3, -0.25) is 4.79 Å². The second-order valence-electron chi connectivity index (χ2n) is 6.83. The van der Waals surface area contributed by atoms with Crippen LogP contribution in [-0.2, 0) is 11.3 Å². The Morgan fingerprint density at radius 2 is 1.96 bits per heavy atom. The maximum atomic E-state index is 12.3. The summed E-state index contributed by atoms with van der Waals surface area (Å²) in [6.45, 7) is 1.77. The Labute approximate surface area is 147 Å². The molecule has 2 aromatic rings. The minimum Gasteiger partial charge on any atom is -0.459 e. The lowest BCUT2D eigenvalue weighted by Gasteiger charge is -2.32. The summed E-state index contributed by atoms with van der Waals surface area (Å²) in [5, 5.41) is 3.96. The molecule has 6 heteroatoms. The van der Waals surface area contributed by atoms with Gasteiger partial charge in [0.25, 0.3) is 0 Å². The lowest BCUT2D eigenvalue weighted by Crippen LogP contribution is -2.44. The van der Waals surface area contributed by atoms with Crippen LogP contribution in [0.1, 0.15) is 25.0 Å². The number of furan rings is 1. The number of rotatable bonds is 4. The highest BCUT2D eigenvalue weighted by molar-refractivity contribution is 5.78. The van der Waals surface area contributed by atoms with Crippen LogP contribution in [0.2, 0.25) is 0 Å². The van der Waals surface area contributed by atoms with Gasteiger partial charge in [0.2, 0.25) is 5.91 Å². The van der Waals surface area contributed by atoms with Crippen molar-refractivity contribution >= 4 is 22.9 Å². The van der Waals surface area contributed by atoms with Crippen LogP contribution >= 0.6 is 0 Å². The average molecular weight is 343 g/mol. The number of carbonyl (C=O) groups excluding carboxylic acids is 2. The second-order valence-corrected chi connectivity index (χ2v) is 6.83. The summed E-state index contributed by atoms with van der Waals surface area (Å²) >= 11 is 0. The zero-order valence-corrected chi connectivity index (χ0v) is 14.8. The molecule has 25 heavy (non-hydrogen) atoms. The summed E-state index contributed by atoms with van der Waals surface area (Å²) in [5.74, 6) is 1.28. The van der Waals surface area contributed by atoms with E-state index in [1.807, 2.05) is 35.2 Å². The van der Waals surface area contributed by atoms with Gasteiger partial charge in [-0.05, 0) is 30.9 Å². The Morgan fingerprint density at radius 3 is 2.64 bits per heavy atom. The standard InChI is InChI=1S/C19H25N3O3/c1-21(2)18(23)11-14-7-9-22(10-8-14)19(24)20-13-16-12-15-5-3-4-6-17(15)25-16/h3-6,12,14H,7-11,13H2,1-2H3,(H,20,24). The molecule has 1 aromatic heterocycles. The Hall–Kier alpha value is -2.50. The number of likely N-dealkylation sites (tertiary alicyclic amines) is 1. The van der Waals surface area contributed by atoms with Gasteiger partial charge in [0, 0.05) is 39.0 Å². The number of urea groups is 1. The van der Waals surface area contributed by atoms with Gasteiger partial charge in [-0.25, -0.2) is 4.79 Å². The van der Waals surface area contributed by atoms with Gasteiger partial charge in [0.05, 0.1) is 6.54 Å². The maximum absolute atomic E-state index is 12.3. The first kappa shape index (κ1) is 17.3. The molecule has 1 aromatic carbocycles. The number of para-hydroxylation sites is 1. The topological polar surface area (TPSA) is 65.8 Å². The van der Waals surface area contributed by atoms with Crippen LogP contribution in [0.25, 0.3) is 11.0 Å². The third-order valence-corrected chi connectivity index (χ3v) is 4.75. The van der Waals surface area contributed by atoms with E-state index in [0.29, 0.717) is 32.0 Å². The van der Waals surface area contributed by atoms with Crippen LogP contribution in [-0.4, -0.2) is 48.9 Å². The molecular weight excluding hydrogens is 318 g/mol. The fraction of sp³-hybridized carbons (Fsp3) is 0.474. The number of amides is 3. The monoisotopic (exact) mass is 343 g/mol. The number of nitrogens with one attached hydrogen (secondary N) is 1. The largest absolute Gasteiger partial charge is 0.459 e. The summed E-state index contributed by atoms with van der Waals surface area (Å²) < 4.78 is 5.71. The minimum atomic E-state index is -0.0714. The Kier molecular flexibility index (Phi) is 5.26. The van der Waals surface area contributed by atoms with E-state index in [2.05, 4.69) is 5.32 Å². The normalized spacial score (nSPS) is 15.4. The van der Waals surface area contributed by atoms with Gasteiger partial charge < -0.3 is 19.5 Å². The van der Waals surface area contributed by atoms with Gasteiger partial charge in [0.1, 0.15) is 11.3 Å². The van der Waals surface area contributed by atoms with E-state index in [0.717, 1.165) is 29.6 Å². The highest BCUT2D eigenvalue weighted by atomic mass is 16.3. The molecule has 6 nitrogen and oxygen atoms in total. The predicted octanol–water partition coefficient (Wildman–Crippen LogP) is 2.83. The summed E-state index contributed by atoms with van der Waals surface area (Å²) in [7, 11) is 3.56. The van der Waals surface area contributed by atoms with Crippen LogP contribution < -0.4 is 5.32 Å². The Balaban J connectivity index is 1.45. The van der Waals surface area contributed by atoms with Gasteiger partial charge in [0.15, 0.2) is 0 Å². The molecule has 1 N–H and O–H groups in total. The SMILES string of the molecule is CN(C)C(=O)CC1CCN(C(=O)NCc2cc3ccccc3o2)CC1. The first-order chi connectivity index (χ1) is 12.0. The summed E-state index contributed by atoms with van der Waals surface area (Å²) in [6.07, 6.45) is 2.32. The number of carbonyl (C=O) groups is 2. The maximum Gasteiger partial charge on any atom is 0.317 e. The highest BCUT2D eigenvalue weighted by Gasteiger charge is 2.24. The van der Waals surface area contributed by atoms with Crippen molar-refractivity contribution in [1.29, 1.82) is 0 Å². The van der Waals surface area contributed by atoms with Crippen LogP contribution in [0.15, 0.2) is 34.7 Å². The summed E-state index contributed by atoms with van der Waals surface area (Å²) in [6, 6.07) is 9.68. The molecule has 1 aliphatic heterocycles. The molecule has 0 radical (unpaired) electrons. The molecule has 2 heterocycles. The zero-order valence-electron chi connectivity index (χ0n) is 14.8. The number of benzene rings is 1. The average Bonchev–Trinajstić information content (AvgIpc) is 3.03. The molecule has 0 unspecified atom stereocenters. The fourth-order valence-corrected chi connectivity index (χ4v) is 3.17. The van der Waals surface area contributed by atoms with Crippen molar-refractivity contribution in [3.63, 3.8) is 0 Å². The van der Waals surface area contributed by atoms with Crippen molar-refractivity contribution in [3.8, 4) is 0 Å². The van der Waals surface area contributed by atoms with E-state index < -0.39 is 0 Å². The van der Waals surface area contributed by atoms with Gasteiger partial charge in [-0.15, -0.1) is 0 Å². The number of piperidine rings is 1. The Morgan fingerprint density at radius 1 is 1.24 bits per heavy atom. The second kappa shape index (κ2) is 7.59. The molecule has 0 atom stereocenters. The lowest BCUT2D eigenvalue weighted by molar-refractivity contribution is -0.129. The van der Waals surface area contributed by atoms with E-state index in [4.69, 9.17) is 4.42 Å². The molecule has 0 aliphatic carbocycles. The number of fused-ring (bicyclic) bond motifs is 1. The quantitative estimate of drug-likeness (QED) is 0.928. The van der Waals surface area contributed by atoms with E-state index >= 15 is 0 Å². The first-order valence-corrected chi connectivity index (χ1v) is 8.73. The van der Waals surface area contributed by atoms with Crippen molar-refractivity contribution in [3.05, 3.63) is 36.1 Å². The molecule has 0 saturated carbocycles. The molecule has 134 valence electrons. The summed E-state index contributed by atoms with van der Waals surface area (Å²) in [4.78, 5) is 27.6. The predicted molar refractivity (Wildman–Crippen MR) is 96.1 cm³/mol.